The predicted octanol–water partition coefficient (Wildman–Crippen LogP) is -5.35. The standard InChI is InChI=1S/C30H50O20/c1-3-45-19(37)6-4-5-13(34)7-16-21(39)23(41)26(18(11-33)46-16)48-28-24(42)27(22(40)17(10-32)47-28)50-30(29(43)44)8-14(35)12(2)25(49-30)20(38)15(36)9-31/h12,14-18,20-28,31-33,35-36,38-42H,3-11H2,1-2H3,(H,43,44)/t12-,14-,15-,16+,17?,18?,20-,21?,22+,23?,24?,25?,26-,27+,28+,30+/m1/s1. The summed E-state index contributed by atoms with van der Waals surface area (Å²) in [6, 6.07) is 0. The normalized spacial score (nSPS) is 40.5. The van der Waals surface area contributed by atoms with E-state index in [2.05, 4.69) is 0 Å². The van der Waals surface area contributed by atoms with E-state index in [0.29, 0.717) is 0 Å². The highest BCUT2D eigenvalue weighted by Gasteiger charge is 2.59. The number of hydrogen-bond donors (Lipinski definition) is 11. The van der Waals surface area contributed by atoms with Crippen LogP contribution in [-0.4, -0.2) is 192 Å². The second kappa shape index (κ2) is 18.7. The summed E-state index contributed by atoms with van der Waals surface area (Å²) in [4.78, 5) is 36.6. The SMILES string of the molecule is CCOC(=O)CCCC(=O)C[C@@H]1OC(CO)[C@@H](O[C@@H]2OC(CO)[C@H](O)[C@H](O[C@]3(C(=O)O)C[C@@H](O)[C@@H](C)C([C@H](O)[C@H](O)CO)O3)C2O)C(O)C1O. The Morgan fingerprint density at radius 3 is 2.10 bits per heavy atom. The number of aliphatic hydroxyl groups is 10. The Morgan fingerprint density at radius 1 is 0.860 bits per heavy atom. The molecule has 50 heavy (non-hydrogen) atoms. The van der Waals surface area contributed by atoms with E-state index in [1.54, 1.807) is 6.92 Å². The summed E-state index contributed by atoms with van der Waals surface area (Å²) in [6.07, 6.45) is -26.0. The van der Waals surface area contributed by atoms with Crippen molar-refractivity contribution in [2.75, 3.05) is 26.4 Å². The summed E-state index contributed by atoms with van der Waals surface area (Å²) in [6.45, 7) is 0.444. The lowest BCUT2D eigenvalue weighted by Crippen LogP contribution is -2.68. The Labute approximate surface area is 286 Å². The van der Waals surface area contributed by atoms with Crippen molar-refractivity contribution in [2.45, 2.75) is 137 Å². The zero-order chi connectivity index (χ0) is 37.5. The first-order valence-corrected chi connectivity index (χ1v) is 16.4. The summed E-state index contributed by atoms with van der Waals surface area (Å²) in [7, 11) is 0. The summed E-state index contributed by atoms with van der Waals surface area (Å²) < 4.78 is 32.8. The zero-order valence-corrected chi connectivity index (χ0v) is 27.6. The van der Waals surface area contributed by atoms with Gasteiger partial charge in [0.2, 0.25) is 0 Å². The largest absolute Gasteiger partial charge is 0.477 e. The third-order valence-corrected chi connectivity index (χ3v) is 9.15. The van der Waals surface area contributed by atoms with Crippen LogP contribution in [0, 0.1) is 5.92 Å². The summed E-state index contributed by atoms with van der Waals surface area (Å²) in [5.74, 6) is -6.70. The van der Waals surface area contributed by atoms with E-state index in [1.165, 1.54) is 6.92 Å². The van der Waals surface area contributed by atoms with Crippen LogP contribution in [0.5, 0.6) is 0 Å². The molecular formula is C30H50O20. The number of carbonyl (C=O) groups excluding carboxylic acids is 2. The third kappa shape index (κ3) is 9.70. The van der Waals surface area contributed by atoms with Crippen molar-refractivity contribution in [3.8, 4) is 0 Å². The summed E-state index contributed by atoms with van der Waals surface area (Å²) >= 11 is 0. The smallest absolute Gasteiger partial charge is 0.364 e. The fourth-order valence-corrected chi connectivity index (χ4v) is 6.20. The molecule has 0 amide bonds. The number of hydrogen-bond acceptors (Lipinski definition) is 19. The van der Waals surface area contributed by atoms with Gasteiger partial charge in [0.25, 0.3) is 5.79 Å². The Hall–Kier alpha value is -1.99. The first-order chi connectivity index (χ1) is 23.5. The summed E-state index contributed by atoms with van der Waals surface area (Å²) in [5, 5.41) is 115. The van der Waals surface area contributed by atoms with Gasteiger partial charge in [-0.05, 0) is 13.3 Å². The van der Waals surface area contributed by atoms with E-state index in [1.807, 2.05) is 0 Å². The van der Waals surface area contributed by atoms with Crippen molar-refractivity contribution in [3.63, 3.8) is 0 Å². The molecule has 0 spiro atoms. The Bertz CT molecular complexity index is 1110. The number of carboxylic acids is 1. The molecule has 3 heterocycles. The molecule has 16 atom stereocenters. The molecule has 11 N–H and O–H groups in total. The first kappa shape index (κ1) is 42.4. The molecule has 0 aromatic rings. The van der Waals surface area contributed by atoms with Gasteiger partial charge in [0, 0.05) is 31.6 Å². The highest BCUT2D eigenvalue weighted by atomic mass is 16.8. The van der Waals surface area contributed by atoms with Crippen molar-refractivity contribution in [1.29, 1.82) is 0 Å². The Kier molecular flexibility index (Phi) is 15.8. The van der Waals surface area contributed by atoms with E-state index in [0.717, 1.165) is 0 Å². The molecule has 3 aliphatic heterocycles. The quantitative estimate of drug-likeness (QED) is 0.0622. The molecule has 290 valence electrons. The highest BCUT2D eigenvalue weighted by Crippen LogP contribution is 2.40. The molecule has 0 radical (unpaired) electrons. The molecule has 3 aliphatic rings. The van der Waals surface area contributed by atoms with Crippen molar-refractivity contribution >= 4 is 17.7 Å². The molecule has 3 fully saturated rings. The minimum atomic E-state index is -2.89. The van der Waals surface area contributed by atoms with Gasteiger partial charge in [0.05, 0.1) is 44.7 Å². The van der Waals surface area contributed by atoms with E-state index in [-0.39, 0.29) is 25.9 Å². The number of rotatable bonds is 17. The maximum absolute atomic E-state index is 12.6. The summed E-state index contributed by atoms with van der Waals surface area (Å²) in [5.41, 5.74) is 0. The van der Waals surface area contributed by atoms with E-state index < -0.39 is 148 Å². The number of carboxylic acid groups (broad SMARTS) is 1. The van der Waals surface area contributed by atoms with Crippen molar-refractivity contribution in [1.82, 2.24) is 0 Å². The fraction of sp³-hybridized carbons (Fsp3) is 0.900. The van der Waals surface area contributed by atoms with Crippen LogP contribution in [0.15, 0.2) is 0 Å². The second-order valence-electron chi connectivity index (χ2n) is 12.7. The Balaban J connectivity index is 1.78. The molecule has 3 rings (SSSR count). The van der Waals surface area contributed by atoms with Crippen LogP contribution in [0.2, 0.25) is 0 Å². The van der Waals surface area contributed by atoms with Crippen LogP contribution in [0.4, 0.5) is 0 Å². The van der Waals surface area contributed by atoms with Gasteiger partial charge >= 0.3 is 11.9 Å². The highest BCUT2D eigenvalue weighted by molar-refractivity contribution is 5.79. The van der Waals surface area contributed by atoms with Crippen LogP contribution in [0.25, 0.3) is 0 Å². The molecule has 0 bridgehead atoms. The van der Waals surface area contributed by atoms with Crippen LogP contribution in [-0.2, 0) is 42.8 Å². The molecular weight excluding hydrogens is 680 g/mol. The first-order valence-electron chi connectivity index (χ1n) is 16.4. The fourth-order valence-electron chi connectivity index (χ4n) is 6.20. The lowest BCUT2D eigenvalue weighted by atomic mass is 9.84. The number of aliphatic hydroxyl groups excluding tert-OH is 10. The van der Waals surface area contributed by atoms with Crippen molar-refractivity contribution < 1.29 is 99.0 Å². The molecule has 0 aromatic carbocycles. The lowest BCUT2D eigenvalue weighted by molar-refractivity contribution is -0.383. The van der Waals surface area contributed by atoms with Gasteiger partial charge in [-0.1, -0.05) is 6.92 Å². The minimum absolute atomic E-state index is 0.0157. The molecule has 0 saturated carbocycles. The van der Waals surface area contributed by atoms with Gasteiger partial charge in [-0.2, -0.15) is 0 Å². The lowest BCUT2D eigenvalue weighted by Gasteiger charge is -2.50. The molecule has 20 heteroatoms. The topological polar surface area (TPSA) is 329 Å². The van der Waals surface area contributed by atoms with Crippen molar-refractivity contribution in [3.05, 3.63) is 0 Å². The molecule has 0 aromatic heterocycles. The monoisotopic (exact) mass is 730 g/mol. The Morgan fingerprint density at radius 2 is 1.52 bits per heavy atom. The second-order valence-corrected chi connectivity index (χ2v) is 12.7. The maximum Gasteiger partial charge on any atom is 0.364 e. The third-order valence-electron chi connectivity index (χ3n) is 9.15. The molecule has 6 unspecified atom stereocenters. The molecule has 3 saturated heterocycles. The van der Waals surface area contributed by atoms with Gasteiger partial charge < -0.3 is 84.6 Å². The van der Waals surface area contributed by atoms with Crippen LogP contribution >= 0.6 is 0 Å². The number of carbonyl (C=O) groups is 3. The minimum Gasteiger partial charge on any atom is -0.477 e. The van der Waals surface area contributed by atoms with E-state index in [4.69, 9.17) is 28.4 Å². The van der Waals surface area contributed by atoms with Crippen LogP contribution in [0.1, 0.15) is 46.0 Å². The zero-order valence-electron chi connectivity index (χ0n) is 27.6. The van der Waals surface area contributed by atoms with E-state index in [9.17, 15) is 70.6 Å². The number of Topliss-reactive ketones (excluding diaryl/α,β-unsaturated/α-hetero) is 1. The average Bonchev–Trinajstić information content (AvgIpc) is 3.08. The number of aliphatic carboxylic acids is 1. The van der Waals surface area contributed by atoms with Gasteiger partial charge in [0.1, 0.15) is 66.8 Å². The number of ether oxygens (including phenoxy) is 6. The number of ketones is 1. The van der Waals surface area contributed by atoms with Crippen molar-refractivity contribution in [2.24, 2.45) is 5.92 Å². The van der Waals surface area contributed by atoms with Gasteiger partial charge in [-0.15, -0.1) is 0 Å². The molecule has 20 nitrogen and oxygen atoms in total. The number of esters is 1. The van der Waals surface area contributed by atoms with Gasteiger partial charge in [-0.25, -0.2) is 4.79 Å². The van der Waals surface area contributed by atoms with Crippen LogP contribution < -0.4 is 0 Å². The maximum atomic E-state index is 12.6. The average molecular weight is 731 g/mol. The molecule has 0 aliphatic carbocycles. The predicted molar refractivity (Wildman–Crippen MR) is 160 cm³/mol. The van der Waals surface area contributed by atoms with Gasteiger partial charge in [-0.3, -0.25) is 9.59 Å². The van der Waals surface area contributed by atoms with E-state index >= 15 is 0 Å². The van der Waals surface area contributed by atoms with Gasteiger partial charge in [0.15, 0.2) is 6.29 Å². The van der Waals surface area contributed by atoms with Crippen LogP contribution in [0.3, 0.4) is 0 Å².